The molecule has 0 aliphatic carbocycles. The monoisotopic (exact) mass is 448 g/mol. The fraction of sp³-hybridized carbons (Fsp3) is 0.150. The van der Waals surface area contributed by atoms with Crippen LogP contribution >= 0.6 is 0 Å². The van der Waals surface area contributed by atoms with Gasteiger partial charge in [-0.25, -0.2) is 4.98 Å². The molecule has 8 nitrogen and oxygen atoms in total. The molecular weight excluding hydrogens is 432 g/mol. The fourth-order valence-corrected chi connectivity index (χ4v) is 3.07. The molecule has 0 saturated heterocycles. The van der Waals surface area contributed by atoms with Gasteiger partial charge in [0.1, 0.15) is 17.3 Å². The van der Waals surface area contributed by atoms with E-state index in [0.29, 0.717) is 22.6 Å². The number of rotatable bonds is 5. The van der Waals surface area contributed by atoms with Crippen LogP contribution in [-0.4, -0.2) is 33.0 Å². The van der Waals surface area contributed by atoms with E-state index in [4.69, 9.17) is 10.5 Å². The van der Waals surface area contributed by atoms with Crippen LogP contribution in [0.4, 0.5) is 34.9 Å². The van der Waals surface area contributed by atoms with Crippen molar-refractivity contribution in [3.8, 4) is 17.4 Å². The summed E-state index contributed by atoms with van der Waals surface area (Å²) >= 11 is 0. The van der Waals surface area contributed by atoms with Gasteiger partial charge in [0.2, 0.25) is 11.8 Å². The van der Waals surface area contributed by atoms with Gasteiger partial charge in [0, 0.05) is 11.8 Å². The number of hydrogen-bond acceptors (Lipinski definition) is 7. The molecule has 0 fully saturated rings. The lowest BCUT2D eigenvalue weighted by Gasteiger charge is -2.13. The maximum absolute atomic E-state index is 14.6. The van der Waals surface area contributed by atoms with Crippen molar-refractivity contribution in [1.29, 1.82) is 0 Å². The summed E-state index contributed by atoms with van der Waals surface area (Å²) in [6.07, 6.45) is -4.81. The molecule has 2 aromatic carbocycles. The Bertz CT molecular complexity index is 1290. The fourth-order valence-electron chi connectivity index (χ4n) is 3.07. The van der Waals surface area contributed by atoms with Crippen LogP contribution in [0.15, 0.2) is 42.5 Å². The van der Waals surface area contributed by atoms with Crippen molar-refractivity contribution in [2.45, 2.75) is 13.3 Å². The van der Waals surface area contributed by atoms with Gasteiger partial charge >= 0.3 is 6.36 Å². The van der Waals surface area contributed by atoms with Gasteiger partial charge in [0.05, 0.1) is 18.1 Å². The molecule has 0 aliphatic rings. The van der Waals surface area contributed by atoms with Crippen molar-refractivity contribution in [2.24, 2.45) is 0 Å². The van der Waals surface area contributed by atoms with Gasteiger partial charge in [-0.3, -0.25) is 4.57 Å². The predicted molar refractivity (Wildman–Crippen MR) is 109 cm³/mol. The lowest BCUT2D eigenvalue weighted by Crippen LogP contribution is -2.17. The predicted octanol–water partition coefficient (Wildman–Crippen LogP) is 4.50. The summed E-state index contributed by atoms with van der Waals surface area (Å²) in [5.74, 6) is -0.853. The highest BCUT2D eigenvalue weighted by Crippen LogP contribution is 2.29. The second kappa shape index (κ2) is 7.87. The van der Waals surface area contributed by atoms with Gasteiger partial charge in [-0.1, -0.05) is 0 Å². The number of nitrogens with two attached hydrogens (primary N) is 1. The first-order valence-electron chi connectivity index (χ1n) is 9.14. The number of alkyl halides is 3. The Balaban J connectivity index is 1.72. The molecule has 2 aromatic heterocycles. The molecule has 0 aliphatic heterocycles. The minimum atomic E-state index is -4.81. The van der Waals surface area contributed by atoms with Crippen molar-refractivity contribution in [2.75, 3.05) is 18.2 Å². The van der Waals surface area contributed by atoms with Crippen LogP contribution in [0.1, 0.15) is 5.82 Å². The van der Waals surface area contributed by atoms with Gasteiger partial charge in [-0.2, -0.15) is 14.4 Å². The van der Waals surface area contributed by atoms with E-state index < -0.39 is 23.7 Å². The highest BCUT2D eigenvalue weighted by Gasteiger charge is 2.31. The number of imidazole rings is 1. The smallest absolute Gasteiger partial charge is 0.497 e. The van der Waals surface area contributed by atoms with E-state index >= 15 is 0 Å². The van der Waals surface area contributed by atoms with Crippen molar-refractivity contribution in [3.63, 3.8) is 0 Å². The number of aromatic nitrogens is 4. The molecule has 12 heteroatoms. The molecule has 0 spiro atoms. The molecule has 4 rings (SSSR count). The average Bonchev–Trinajstić information content (AvgIpc) is 3.06. The number of nitrogens with one attached hydrogen (secondary N) is 1. The molecule has 32 heavy (non-hydrogen) atoms. The lowest BCUT2D eigenvalue weighted by atomic mass is 10.3. The van der Waals surface area contributed by atoms with E-state index in [2.05, 4.69) is 25.0 Å². The molecule has 0 saturated carbocycles. The Morgan fingerprint density at radius 3 is 2.34 bits per heavy atom. The first-order chi connectivity index (χ1) is 15.1. The van der Waals surface area contributed by atoms with Crippen molar-refractivity contribution in [1.82, 2.24) is 19.5 Å². The van der Waals surface area contributed by atoms with Crippen LogP contribution < -0.4 is 20.5 Å². The number of nitrogens with zero attached hydrogens (tertiary/aromatic N) is 4. The summed E-state index contributed by atoms with van der Waals surface area (Å²) in [7, 11) is 1.52. The summed E-state index contributed by atoms with van der Waals surface area (Å²) in [6, 6.07) is 9.96. The van der Waals surface area contributed by atoms with E-state index in [-0.39, 0.29) is 17.5 Å². The number of benzene rings is 2. The Labute approximate surface area is 178 Å². The van der Waals surface area contributed by atoms with Gasteiger partial charge < -0.3 is 20.5 Å². The number of fused-ring (bicyclic) bond motifs is 1. The third-order valence-electron chi connectivity index (χ3n) is 4.45. The zero-order valence-corrected chi connectivity index (χ0v) is 16.7. The Morgan fingerprint density at radius 1 is 1.00 bits per heavy atom. The second-order valence-corrected chi connectivity index (χ2v) is 6.62. The molecule has 3 N–H and O–H groups in total. The number of anilines is 3. The van der Waals surface area contributed by atoms with Crippen LogP contribution in [0, 0.1) is 12.7 Å². The van der Waals surface area contributed by atoms with E-state index in [1.165, 1.54) is 19.2 Å². The summed E-state index contributed by atoms with van der Waals surface area (Å²) in [5.41, 5.74) is 7.28. The molecule has 4 aromatic rings. The lowest BCUT2D eigenvalue weighted by molar-refractivity contribution is -0.274. The third kappa shape index (κ3) is 4.19. The maximum atomic E-state index is 14.6. The summed E-state index contributed by atoms with van der Waals surface area (Å²) < 4.78 is 62.2. The first kappa shape index (κ1) is 21.2. The number of methoxy groups -OCH3 is 1. The maximum Gasteiger partial charge on any atom is 0.573 e. The number of nitrogen functional groups attached to an aromatic ring is 1. The van der Waals surface area contributed by atoms with Crippen LogP contribution in [0.5, 0.6) is 11.5 Å². The van der Waals surface area contributed by atoms with E-state index in [0.717, 1.165) is 12.1 Å². The van der Waals surface area contributed by atoms with Crippen molar-refractivity contribution >= 4 is 28.4 Å². The van der Waals surface area contributed by atoms with Crippen LogP contribution in [0.2, 0.25) is 0 Å². The average molecular weight is 448 g/mol. The molecule has 0 radical (unpaired) electrons. The number of aryl methyl sites for hydroxylation is 1. The standard InChI is InChI=1S/C20H16F4N6O2/c1-10-26-14-8-7-13(31-2)9-15(14)30(10)19-28-17(25)16(21)18(29-19)27-11-3-5-12(6-4-11)32-20(22,23)24/h3-9H,1-2H3,(H3,25,27,28,29). The minimum Gasteiger partial charge on any atom is -0.497 e. The highest BCUT2D eigenvalue weighted by molar-refractivity contribution is 5.79. The van der Waals surface area contributed by atoms with Crippen LogP contribution in [-0.2, 0) is 0 Å². The third-order valence-corrected chi connectivity index (χ3v) is 4.45. The first-order valence-corrected chi connectivity index (χ1v) is 9.14. The van der Waals surface area contributed by atoms with Gasteiger partial charge in [0.25, 0.3) is 0 Å². The number of ether oxygens (including phenoxy) is 2. The van der Waals surface area contributed by atoms with Gasteiger partial charge in [0.15, 0.2) is 11.6 Å². The Kier molecular flexibility index (Phi) is 5.20. The molecular formula is C20H16F4N6O2. The van der Waals surface area contributed by atoms with E-state index in [9.17, 15) is 17.6 Å². The minimum absolute atomic E-state index is 0.0525. The zero-order valence-electron chi connectivity index (χ0n) is 16.7. The SMILES string of the molecule is COc1ccc2nc(C)n(-c3nc(N)c(F)c(Nc4ccc(OC(F)(F)F)cc4)n3)c2c1. The Hall–Kier alpha value is -4.09. The van der Waals surface area contributed by atoms with Crippen LogP contribution in [0.3, 0.4) is 0 Å². The quantitative estimate of drug-likeness (QED) is 0.434. The summed E-state index contributed by atoms with van der Waals surface area (Å²) in [5, 5.41) is 2.69. The highest BCUT2D eigenvalue weighted by atomic mass is 19.4. The van der Waals surface area contributed by atoms with E-state index in [1.807, 2.05) is 0 Å². The topological polar surface area (TPSA) is 100 Å². The van der Waals surface area contributed by atoms with Crippen molar-refractivity contribution in [3.05, 3.63) is 54.1 Å². The molecule has 0 amide bonds. The second-order valence-electron chi connectivity index (χ2n) is 6.62. The largest absolute Gasteiger partial charge is 0.573 e. The molecule has 0 atom stereocenters. The molecule has 166 valence electrons. The molecule has 0 unspecified atom stereocenters. The molecule has 0 bridgehead atoms. The van der Waals surface area contributed by atoms with Crippen molar-refractivity contribution < 1.29 is 27.0 Å². The number of hydrogen-bond donors (Lipinski definition) is 2. The normalized spacial score (nSPS) is 11.6. The van der Waals surface area contributed by atoms with Gasteiger partial charge in [-0.05, 0) is 43.3 Å². The Morgan fingerprint density at radius 2 is 1.69 bits per heavy atom. The zero-order chi connectivity index (χ0) is 23.0. The van der Waals surface area contributed by atoms with Crippen LogP contribution in [0.25, 0.3) is 17.0 Å². The summed E-state index contributed by atoms with van der Waals surface area (Å²) in [6.45, 7) is 1.72. The van der Waals surface area contributed by atoms with Gasteiger partial charge in [-0.15, -0.1) is 13.2 Å². The number of halogens is 4. The summed E-state index contributed by atoms with van der Waals surface area (Å²) in [4.78, 5) is 12.7. The van der Waals surface area contributed by atoms with E-state index in [1.54, 1.807) is 29.7 Å². The molecule has 2 heterocycles.